The van der Waals surface area contributed by atoms with Gasteiger partial charge in [-0.2, -0.15) is 0 Å². The van der Waals surface area contributed by atoms with Crippen LogP contribution >= 0.6 is 11.3 Å². The molecular weight excluding hydrogens is 354 g/mol. The summed E-state index contributed by atoms with van der Waals surface area (Å²) in [6.07, 6.45) is 3.65. The Labute approximate surface area is 152 Å². The van der Waals surface area contributed by atoms with E-state index >= 15 is 0 Å². The molecule has 0 bridgehead atoms. The minimum absolute atomic E-state index is 0.0951. The molecule has 1 aromatic carbocycles. The van der Waals surface area contributed by atoms with Gasteiger partial charge in [-0.3, -0.25) is 25.2 Å². The van der Waals surface area contributed by atoms with Crippen LogP contribution in [0.15, 0.2) is 54.2 Å². The molecule has 3 amide bonds. The first-order valence-electron chi connectivity index (χ1n) is 7.61. The van der Waals surface area contributed by atoms with Gasteiger partial charge in [0.2, 0.25) is 5.91 Å². The summed E-state index contributed by atoms with van der Waals surface area (Å²) in [5.41, 5.74) is 5.88. The molecule has 0 spiro atoms. The summed E-state index contributed by atoms with van der Waals surface area (Å²) in [5, 5.41) is 4.29. The van der Waals surface area contributed by atoms with E-state index < -0.39 is 11.8 Å². The number of nitrogens with zero attached hydrogens (tertiary/aromatic N) is 2. The monoisotopic (exact) mass is 369 g/mol. The molecule has 0 aliphatic rings. The van der Waals surface area contributed by atoms with E-state index in [1.807, 2.05) is 30.6 Å². The van der Waals surface area contributed by atoms with Crippen molar-refractivity contribution < 1.29 is 14.4 Å². The standard InChI is InChI=1S/C17H15N5O3S/c1-11(23)18-17-19-13(10-26-17)16(25)21-20-15(24)12-6-2-3-7-14(12)22-8-4-5-9-22/h2-10H,1H3,(H,20,24)(H,21,25)(H,18,19,23). The van der Waals surface area contributed by atoms with Crippen molar-refractivity contribution >= 4 is 34.2 Å². The van der Waals surface area contributed by atoms with Gasteiger partial charge < -0.3 is 9.88 Å². The molecule has 132 valence electrons. The van der Waals surface area contributed by atoms with Crippen molar-refractivity contribution in [3.63, 3.8) is 0 Å². The normalized spacial score (nSPS) is 10.2. The first kappa shape index (κ1) is 17.4. The van der Waals surface area contributed by atoms with Gasteiger partial charge in [-0.05, 0) is 24.3 Å². The highest BCUT2D eigenvalue weighted by Gasteiger charge is 2.15. The predicted molar refractivity (Wildman–Crippen MR) is 97.1 cm³/mol. The van der Waals surface area contributed by atoms with Crippen molar-refractivity contribution in [3.05, 3.63) is 65.4 Å². The van der Waals surface area contributed by atoms with E-state index in [1.165, 1.54) is 12.3 Å². The largest absolute Gasteiger partial charge is 0.323 e. The average molecular weight is 369 g/mol. The van der Waals surface area contributed by atoms with Crippen molar-refractivity contribution in [1.82, 2.24) is 20.4 Å². The van der Waals surface area contributed by atoms with Gasteiger partial charge in [-0.1, -0.05) is 12.1 Å². The Hall–Kier alpha value is -3.46. The smallest absolute Gasteiger partial charge is 0.289 e. The zero-order valence-electron chi connectivity index (χ0n) is 13.7. The fourth-order valence-corrected chi connectivity index (χ4v) is 2.95. The summed E-state index contributed by atoms with van der Waals surface area (Å²) in [7, 11) is 0. The van der Waals surface area contributed by atoms with Crippen molar-refractivity contribution in [2.75, 3.05) is 5.32 Å². The second-order valence-electron chi connectivity index (χ2n) is 5.23. The van der Waals surface area contributed by atoms with Crippen molar-refractivity contribution in [3.8, 4) is 5.69 Å². The lowest BCUT2D eigenvalue weighted by Crippen LogP contribution is -2.42. The van der Waals surface area contributed by atoms with Crippen LogP contribution in [-0.2, 0) is 4.79 Å². The molecule has 0 aliphatic carbocycles. The fraction of sp³-hybridized carbons (Fsp3) is 0.0588. The minimum Gasteiger partial charge on any atom is -0.323 e. The summed E-state index contributed by atoms with van der Waals surface area (Å²) < 4.78 is 1.80. The summed E-state index contributed by atoms with van der Waals surface area (Å²) in [4.78, 5) is 39.5. The van der Waals surface area contributed by atoms with Crippen molar-refractivity contribution in [1.29, 1.82) is 0 Å². The third-order valence-corrected chi connectivity index (χ3v) is 4.10. The molecule has 26 heavy (non-hydrogen) atoms. The third-order valence-electron chi connectivity index (χ3n) is 3.34. The number of carbonyl (C=O) groups excluding carboxylic acids is 3. The van der Waals surface area contributed by atoms with E-state index in [-0.39, 0.29) is 11.6 Å². The van der Waals surface area contributed by atoms with E-state index in [1.54, 1.807) is 22.8 Å². The highest BCUT2D eigenvalue weighted by molar-refractivity contribution is 7.14. The second-order valence-corrected chi connectivity index (χ2v) is 6.09. The molecule has 3 N–H and O–H groups in total. The second kappa shape index (κ2) is 7.62. The topological polar surface area (TPSA) is 105 Å². The summed E-state index contributed by atoms with van der Waals surface area (Å²) in [6.45, 7) is 1.35. The van der Waals surface area contributed by atoms with Gasteiger partial charge in [0, 0.05) is 24.7 Å². The SMILES string of the molecule is CC(=O)Nc1nc(C(=O)NNC(=O)c2ccccc2-n2cccc2)cs1. The Morgan fingerprint density at radius 1 is 1.00 bits per heavy atom. The van der Waals surface area contributed by atoms with Crippen LogP contribution in [0.2, 0.25) is 0 Å². The first-order chi connectivity index (χ1) is 12.5. The number of anilines is 1. The van der Waals surface area contributed by atoms with E-state index in [2.05, 4.69) is 21.2 Å². The number of hydrogen-bond donors (Lipinski definition) is 3. The molecule has 0 fully saturated rings. The highest BCUT2D eigenvalue weighted by Crippen LogP contribution is 2.16. The Morgan fingerprint density at radius 3 is 2.42 bits per heavy atom. The molecule has 3 aromatic rings. The zero-order valence-corrected chi connectivity index (χ0v) is 14.5. The van der Waals surface area contributed by atoms with Crippen LogP contribution < -0.4 is 16.2 Å². The maximum atomic E-state index is 12.4. The lowest BCUT2D eigenvalue weighted by atomic mass is 10.1. The molecule has 8 nitrogen and oxygen atoms in total. The highest BCUT2D eigenvalue weighted by atomic mass is 32.1. The number of hydrogen-bond acceptors (Lipinski definition) is 5. The molecular formula is C17H15N5O3S. The van der Waals surface area contributed by atoms with Gasteiger partial charge >= 0.3 is 0 Å². The number of amides is 3. The fourth-order valence-electron chi connectivity index (χ4n) is 2.22. The van der Waals surface area contributed by atoms with Crippen LogP contribution in [0.5, 0.6) is 0 Å². The van der Waals surface area contributed by atoms with Gasteiger partial charge in [0.15, 0.2) is 5.13 Å². The van der Waals surface area contributed by atoms with Crippen LogP contribution in [0.3, 0.4) is 0 Å². The quantitative estimate of drug-likeness (QED) is 0.612. The molecule has 2 heterocycles. The van der Waals surface area contributed by atoms with Crippen LogP contribution in [-0.4, -0.2) is 27.3 Å². The summed E-state index contributed by atoms with van der Waals surface area (Å²) in [6, 6.07) is 10.7. The van der Waals surface area contributed by atoms with E-state index in [9.17, 15) is 14.4 Å². The number of carbonyl (C=O) groups is 3. The number of nitrogens with one attached hydrogen (secondary N) is 3. The van der Waals surface area contributed by atoms with Gasteiger partial charge in [0.25, 0.3) is 11.8 Å². The Balaban J connectivity index is 1.67. The average Bonchev–Trinajstić information content (AvgIpc) is 3.31. The van der Waals surface area contributed by atoms with Gasteiger partial charge in [0.1, 0.15) is 5.69 Å². The zero-order chi connectivity index (χ0) is 18.5. The number of aromatic nitrogens is 2. The maximum absolute atomic E-state index is 12.4. The van der Waals surface area contributed by atoms with E-state index in [0.717, 1.165) is 11.3 Å². The number of para-hydroxylation sites is 1. The van der Waals surface area contributed by atoms with Gasteiger partial charge in [-0.15, -0.1) is 11.3 Å². The lowest BCUT2D eigenvalue weighted by Gasteiger charge is -2.11. The van der Waals surface area contributed by atoms with Crippen LogP contribution in [0, 0.1) is 0 Å². The predicted octanol–water partition coefficient (Wildman–Crippen LogP) is 1.97. The number of hydrazine groups is 1. The summed E-state index contributed by atoms with van der Waals surface area (Å²) in [5.74, 6) is -1.31. The molecule has 0 unspecified atom stereocenters. The Bertz CT molecular complexity index is 949. The Kier molecular flexibility index (Phi) is 5.09. The van der Waals surface area contributed by atoms with Crippen LogP contribution in [0.1, 0.15) is 27.8 Å². The van der Waals surface area contributed by atoms with E-state index in [4.69, 9.17) is 0 Å². The molecule has 0 radical (unpaired) electrons. The third kappa shape index (κ3) is 3.95. The van der Waals surface area contributed by atoms with E-state index in [0.29, 0.717) is 16.4 Å². The minimum atomic E-state index is -0.579. The molecule has 9 heteroatoms. The Morgan fingerprint density at radius 2 is 1.69 bits per heavy atom. The van der Waals surface area contributed by atoms with Gasteiger partial charge in [0.05, 0.1) is 11.3 Å². The van der Waals surface area contributed by atoms with Crippen molar-refractivity contribution in [2.24, 2.45) is 0 Å². The maximum Gasteiger partial charge on any atom is 0.289 e. The lowest BCUT2D eigenvalue weighted by molar-refractivity contribution is -0.114. The number of thiazole rings is 1. The molecule has 3 rings (SSSR count). The number of benzene rings is 1. The van der Waals surface area contributed by atoms with Gasteiger partial charge in [-0.25, -0.2) is 4.98 Å². The molecule has 0 aliphatic heterocycles. The molecule has 2 aromatic heterocycles. The van der Waals surface area contributed by atoms with Crippen LogP contribution in [0.25, 0.3) is 5.69 Å². The molecule has 0 saturated heterocycles. The number of rotatable bonds is 4. The molecule has 0 saturated carbocycles. The van der Waals surface area contributed by atoms with Crippen molar-refractivity contribution in [2.45, 2.75) is 6.92 Å². The first-order valence-corrected chi connectivity index (χ1v) is 8.49. The molecule has 0 atom stereocenters. The van der Waals surface area contributed by atoms with Crippen LogP contribution in [0.4, 0.5) is 5.13 Å². The summed E-state index contributed by atoms with van der Waals surface area (Å²) >= 11 is 1.12.